The van der Waals surface area contributed by atoms with Crippen molar-refractivity contribution < 1.29 is 9.72 Å². The van der Waals surface area contributed by atoms with Crippen LogP contribution in [0.2, 0.25) is 0 Å². The molecule has 0 fully saturated rings. The summed E-state index contributed by atoms with van der Waals surface area (Å²) in [4.78, 5) is 29.0. The van der Waals surface area contributed by atoms with Crippen molar-refractivity contribution in [1.29, 1.82) is 0 Å². The van der Waals surface area contributed by atoms with E-state index in [1.165, 1.54) is 6.20 Å². The smallest absolute Gasteiger partial charge is 0.298 e. The Morgan fingerprint density at radius 2 is 2.29 bits per heavy atom. The van der Waals surface area contributed by atoms with Crippen LogP contribution < -0.4 is 5.32 Å². The Labute approximate surface area is 99.3 Å². The quantitative estimate of drug-likeness (QED) is 0.660. The van der Waals surface area contributed by atoms with E-state index < -0.39 is 10.8 Å². The van der Waals surface area contributed by atoms with E-state index in [0.717, 1.165) is 17.5 Å². The van der Waals surface area contributed by atoms with E-state index in [0.29, 0.717) is 5.56 Å². The molecule has 0 aliphatic rings. The van der Waals surface area contributed by atoms with Gasteiger partial charge in [0.25, 0.3) is 5.91 Å². The average molecular weight is 250 g/mol. The zero-order valence-corrected chi connectivity index (χ0v) is 9.18. The summed E-state index contributed by atoms with van der Waals surface area (Å²) in [6.07, 6.45) is 4.05. The van der Waals surface area contributed by atoms with E-state index in [1.807, 2.05) is 0 Å². The maximum atomic E-state index is 11.6. The second-order valence-corrected chi connectivity index (χ2v) is 3.97. The molecule has 1 N–H and O–H groups in total. The summed E-state index contributed by atoms with van der Waals surface area (Å²) in [6.45, 7) is 0. The lowest BCUT2D eigenvalue weighted by atomic mass is 10.3. The summed E-state index contributed by atoms with van der Waals surface area (Å²) >= 11 is 0.801. The summed E-state index contributed by atoms with van der Waals surface area (Å²) < 4.78 is 0. The Morgan fingerprint density at radius 1 is 1.47 bits per heavy atom. The lowest BCUT2D eigenvalue weighted by Crippen LogP contribution is -2.11. The van der Waals surface area contributed by atoms with Gasteiger partial charge in [0.15, 0.2) is 5.13 Å². The summed E-state index contributed by atoms with van der Waals surface area (Å²) in [5, 5.41) is 12.9. The second kappa shape index (κ2) is 4.66. The van der Waals surface area contributed by atoms with Crippen molar-refractivity contribution in [3.63, 3.8) is 0 Å². The van der Waals surface area contributed by atoms with Crippen molar-refractivity contribution in [2.24, 2.45) is 0 Å². The molecule has 8 heteroatoms. The Balaban J connectivity index is 2.11. The first-order valence-corrected chi connectivity index (χ1v) is 5.30. The van der Waals surface area contributed by atoms with Crippen LogP contribution in [0.4, 0.5) is 10.1 Å². The lowest BCUT2D eigenvalue weighted by Gasteiger charge is -1.99. The third-order valence-electron chi connectivity index (χ3n) is 1.82. The molecule has 0 atom stereocenters. The van der Waals surface area contributed by atoms with E-state index in [2.05, 4.69) is 15.3 Å². The number of hydrogen-bond acceptors (Lipinski definition) is 6. The van der Waals surface area contributed by atoms with E-state index in [9.17, 15) is 14.9 Å². The molecular weight excluding hydrogens is 244 g/mol. The number of pyridine rings is 1. The first-order valence-electron chi connectivity index (χ1n) is 4.48. The maximum Gasteiger partial charge on any atom is 0.345 e. The van der Waals surface area contributed by atoms with Gasteiger partial charge in [0.05, 0.1) is 10.5 Å². The number of aromatic nitrogens is 2. The fourth-order valence-electron chi connectivity index (χ4n) is 1.07. The highest BCUT2D eigenvalue weighted by molar-refractivity contribution is 7.18. The predicted octanol–water partition coefficient (Wildman–Crippen LogP) is 1.70. The van der Waals surface area contributed by atoms with Crippen LogP contribution in [-0.4, -0.2) is 20.8 Å². The van der Waals surface area contributed by atoms with E-state index >= 15 is 0 Å². The Bertz CT molecular complexity index is 554. The molecule has 7 nitrogen and oxygen atoms in total. The monoisotopic (exact) mass is 250 g/mol. The van der Waals surface area contributed by atoms with Crippen molar-refractivity contribution in [2.45, 2.75) is 0 Å². The van der Waals surface area contributed by atoms with Gasteiger partial charge in [0.2, 0.25) is 0 Å². The minimum Gasteiger partial charge on any atom is -0.298 e. The summed E-state index contributed by atoms with van der Waals surface area (Å²) in [5.74, 6) is -0.401. The van der Waals surface area contributed by atoms with Crippen LogP contribution in [0.1, 0.15) is 10.4 Å². The number of nitrogens with zero attached hydrogens (tertiary/aromatic N) is 3. The van der Waals surface area contributed by atoms with Crippen molar-refractivity contribution >= 4 is 27.4 Å². The second-order valence-electron chi connectivity index (χ2n) is 2.96. The van der Waals surface area contributed by atoms with Gasteiger partial charge in [-0.05, 0) is 23.5 Å². The van der Waals surface area contributed by atoms with E-state index in [-0.39, 0.29) is 10.1 Å². The number of rotatable bonds is 3. The minimum atomic E-state index is -0.558. The molecule has 0 aliphatic heterocycles. The molecule has 0 aliphatic carbocycles. The third-order valence-corrected chi connectivity index (χ3v) is 2.68. The van der Waals surface area contributed by atoms with Crippen LogP contribution in [0.5, 0.6) is 0 Å². The molecule has 2 aromatic rings. The van der Waals surface area contributed by atoms with Gasteiger partial charge in [-0.2, -0.15) is 0 Å². The minimum absolute atomic E-state index is 0.119. The largest absolute Gasteiger partial charge is 0.345 e. The fourth-order valence-corrected chi connectivity index (χ4v) is 1.70. The van der Waals surface area contributed by atoms with Gasteiger partial charge in [-0.3, -0.25) is 25.2 Å². The molecule has 0 saturated heterocycles. The molecule has 0 bridgehead atoms. The number of hydrogen-bond donors (Lipinski definition) is 1. The van der Waals surface area contributed by atoms with Crippen LogP contribution >= 0.6 is 11.3 Å². The van der Waals surface area contributed by atoms with Crippen molar-refractivity contribution in [3.8, 4) is 0 Å². The molecule has 0 unspecified atom stereocenters. The first kappa shape index (κ1) is 11.1. The highest BCUT2D eigenvalue weighted by Gasteiger charge is 2.14. The number of thiazole rings is 1. The molecule has 17 heavy (non-hydrogen) atoms. The fraction of sp³-hybridized carbons (Fsp3) is 0. The third kappa shape index (κ3) is 2.61. The van der Waals surface area contributed by atoms with Crippen LogP contribution in [0, 0.1) is 10.1 Å². The zero-order valence-electron chi connectivity index (χ0n) is 8.36. The molecular formula is C9H6N4O3S. The SMILES string of the molecule is O=C(Nc1ncc([N+](=O)[O-])s1)c1cccnc1. The topological polar surface area (TPSA) is 98.0 Å². The van der Waals surface area contributed by atoms with Crippen LogP contribution in [0.25, 0.3) is 0 Å². The molecule has 0 saturated carbocycles. The Hall–Kier alpha value is -2.35. The molecule has 0 radical (unpaired) electrons. The summed E-state index contributed by atoms with van der Waals surface area (Å²) in [5.41, 5.74) is 0.366. The molecule has 2 heterocycles. The number of anilines is 1. The van der Waals surface area contributed by atoms with Gasteiger partial charge in [-0.1, -0.05) is 0 Å². The molecule has 0 spiro atoms. The summed E-state index contributed by atoms with van der Waals surface area (Å²) in [6, 6.07) is 3.21. The summed E-state index contributed by atoms with van der Waals surface area (Å²) in [7, 11) is 0. The Kier molecular flexibility index (Phi) is 3.06. The molecule has 1 amide bonds. The van der Waals surface area contributed by atoms with Crippen molar-refractivity contribution in [1.82, 2.24) is 9.97 Å². The standard InChI is InChI=1S/C9H6N4O3S/c14-8(6-2-1-3-10-4-6)12-9-11-5-7(17-9)13(15)16/h1-5H,(H,11,12,14). The number of amides is 1. The highest BCUT2D eigenvalue weighted by Crippen LogP contribution is 2.25. The molecule has 0 aromatic carbocycles. The van der Waals surface area contributed by atoms with Gasteiger partial charge in [0, 0.05) is 12.4 Å². The molecule has 2 aromatic heterocycles. The van der Waals surface area contributed by atoms with Gasteiger partial charge in [-0.15, -0.1) is 0 Å². The Morgan fingerprint density at radius 3 is 2.88 bits per heavy atom. The maximum absolute atomic E-state index is 11.6. The van der Waals surface area contributed by atoms with Gasteiger partial charge in [-0.25, -0.2) is 4.98 Å². The molecule has 2 rings (SSSR count). The van der Waals surface area contributed by atoms with Crippen molar-refractivity contribution in [2.75, 3.05) is 5.32 Å². The van der Waals surface area contributed by atoms with Crippen LogP contribution in [0.3, 0.4) is 0 Å². The predicted molar refractivity (Wildman–Crippen MR) is 61.0 cm³/mol. The van der Waals surface area contributed by atoms with Crippen LogP contribution in [0.15, 0.2) is 30.7 Å². The van der Waals surface area contributed by atoms with Crippen molar-refractivity contribution in [3.05, 3.63) is 46.4 Å². The van der Waals surface area contributed by atoms with Gasteiger partial charge in [0.1, 0.15) is 6.20 Å². The average Bonchev–Trinajstić information content (AvgIpc) is 2.79. The zero-order chi connectivity index (χ0) is 12.3. The number of carbonyl (C=O) groups excluding carboxylic acids is 1. The number of nitro groups is 1. The molecule has 86 valence electrons. The van der Waals surface area contributed by atoms with Crippen LogP contribution in [-0.2, 0) is 0 Å². The lowest BCUT2D eigenvalue weighted by molar-refractivity contribution is -0.380. The normalized spacial score (nSPS) is 9.88. The van der Waals surface area contributed by atoms with Gasteiger partial charge < -0.3 is 0 Å². The van der Waals surface area contributed by atoms with E-state index in [4.69, 9.17) is 0 Å². The number of nitrogens with one attached hydrogen (secondary N) is 1. The van der Waals surface area contributed by atoms with E-state index in [1.54, 1.807) is 18.3 Å². The highest BCUT2D eigenvalue weighted by atomic mass is 32.1. The first-order chi connectivity index (χ1) is 8.16. The van der Waals surface area contributed by atoms with Gasteiger partial charge >= 0.3 is 5.00 Å². The number of carbonyl (C=O) groups is 1.